The van der Waals surface area contributed by atoms with Crippen LogP contribution in [0.4, 0.5) is 10.1 Å². The van der Waals surface area contributed by atoms with Crippen LogP contribution < -0.4 is 5.32 Å². The van der Waals surface area contributed by atoms with Crippen LogP contribution in [0.5, 0.6) is 0 Å². The van der Waals surface area contributed by atoms with E-state index in [0.717, 1.165) is 47.7 Å². The summed E-state index contributed by atoms with van der Waals surface area (Å²) >= 11 is 0. The number of sulfone groups is 1. The number of hydrogen-bond donors (Lipinski definition) is 3. The van der Waals surface area contributed by atoms with Gasteiger partial charge in [-0.05, 0) is 78.4 Å². The molecule has 0 saturated heterocycles. The average molecular weight is 624 g/mol. The Balaban J connectivity index is 1.22. The Bertz CT molecular complexity index is 2190. The van der Waals surface area contributed by atoms with E-state index in [1.807, 2.05) is 30.3 Å². The molecule has 12 heteroatoms. The third-order valence-corrected chi connectivity index (χ3v) is 9.20. The molecule has 7 rings (SSSR count). The quantitative estimate of drug-likeness (QED) is 0.186. The van der Waals surface area contributed by atoms with E-state index >= 15 is 0 Å². The minimum absolute atomic E-state index is 0.0298. The first-order valence-corrected chi connectivity index (χ1v) is 16.8. The summed E-state index contributed by atoms with van der Waals surface area (Å²) in [6.45, 7) is 0. The zero-order valence-electron chi connectivity index (χ0n) is 24.5. The number of rotatable bonds is 8. The zero-order valence-corrected chi connectivity index (χ0v) is 25.3. The highest BCUT2D eigenvalue weighted by molar-refractivity contribution is 7.90. The highest BCUT2D eigenvalue weighted by Gasteiger charge is 2.23. The van der Waals surface area contributed by atoms with Gasteiger partial charge >= 0.3 is 0 Å². The van der Waals surface area contributed by atoms with Crippen molar-refractivity contribution < 1.29 is 17.6 Å². The number of anilines is 1. The van der Waals surface area contributed by atoms with Crippen LogP contribution in [-0.2, 0) is 21.1 Å². The minimum Gasteiger partial charge on any atom is -0.338 e. The Kier molecular flexibility index (Phi) is 7.36. The molecular weight excluding hydrogens is 593 g/mol. The number of fused-ring (bicyclic) bond motifs is 2. The highest BCUT2D eigenvalue weighted by atomic mass is 32.2. The van der Waals surface area contributed by atoms with Gasteiger partial charge in [-0.25, -0.2) is 22.8 Å². The molecule has 228 valence electrons. The number of halogens is 1. The number of aromatic amines is 2. The minimum atomic E-state index is -3.19. The van der Waals surface area contributed by atoms with Gasteiger partial charge in [0.05, 0.1) is 34.5 Å². The first kappa shape index (κ1) is 28.8. The predicted octanol–water partition coefficient (Wildman–Crippen LogP) is 6.09. The van der Waals surface area contributed by atoms with E-state index in [1.54, 1.807) is 24.7 Å². The number of aryl methyl sites for hydroxylation is 1. The average Bonchev–Trinajstić information content (AvgIpc) is 3.79. The van der Waals surface area contributed by atoms with Gasteiger partial charge in [0.25, 0.3) is 0 Å². The fourth-order valence-electron chi connectivity index (χ4n) is 5.99. The van der Waals surface area contributed by atoms with Crippen LogP contribution in [0.1, 0.15) is 31.2 Å². The maximum Gasteiger partial charge on any atom is 0.227 e. The van der Waals surface area contributed by atoms with Crippen LogP contribution in [-0.4, -0.2) is 56.5 Å². The molecule has 1 aromatic carbocycles. The number of benzene rings is 1. The fourth-order valence-corrected chi connectivity index (χ4v) is 6.59. The largest absolute Gasteiger partial charge is 0.338 e. The number of nitrogens with one attached hydrogen (secondary N) is 3. The molecule has 45 heavy (non-hydrogen) atoms. The Hall–Kier alpha value is -4.97. The Morgan fingerprint density at radius 3 is 2.71 bits per heavy atom. The molecule has 10 nitrogen and oxygen atoms in total. The third-order valence-electron chi connectivity index (χ3n) is 8.25. The predicted molar refractivity (Wildman–Crippen MR) is 172 cm³/mol. The number of hydrogen-bond acceptors (Lipinski definition) is 7. The van der Waals surface area contributed by atoms with Gasteiger partial charge in [0.2, 0.25) is 5.91 Å². The maximum absolute atomic E-state index is 14.7. The number of carbonyl (C=O) groups excluding carboxylic acids is 1. The summed E-state index contributed by atoms with van der Waals surface area (Å²) < 4.78 is 38.0. The molecule has 1 fully saturated rings. The lowest BCUT2D eigenvalue weighted by Crippen LogP contribution is -2.20. The molecule has 0 unspecified atom stereocenters. The molecule has 5 heterocycles. The van der Waals surface area contributed by atoms with Crippen molar-refractivity contribution in [3.05, 3.63) is 78.5 Å². The lowest BCUT2D eigenvalue weighted by Gasteiger charge is -2.11. The number of aromatic nitrogens is 6. The van der Waals surface area contributed by atoms with Crippen molar-refractivity contribution in [3.8, 4) is 33.8 Å². The van der Waals surface area contributed by atoms with Crippen LogP contribution in [0.15, 0.2) is 67.1 Å². The zero-order chi connectivity index (χ0) is 31.1. The summed E-state index contributed by atoms with van der Waals surface area (Å²) in [6, 6.07) is 14.0. The van der Waals surface area contributed by atoms with Crippen LogP contribution in [0.2, 0.25) is 0 Å². The van der Waals surface area contributed by atoms with Crippen molar-refractivity contribution >= 4 is 43.5 Å². The highest BCUT2D eigenvalue weighted by Crippen LogP contribution is 2.34. The van der Waals surface area contributed by atoms with Gasteiger partial charge in [-0.15, -0.1) is 0 Å². The van der Waals surface area contributed by atoms with E-state index in [9.17, 15) is 17.6 Å². The Morgan fingerprint density at radius 2 is 1.89 bits per heavy atom. The van der Waals surface area contributed by atoms with Crippen LogP contribution in [0, 0.1) is 11.7 Å². The van der Waals surface area contributed by atoms with Gasteiger partial charge in [-0.1, -0.05) is 18.9 Å². The standard InChI is InChI=1S/C33H30FN7O3S/c1-45(43,44)11-9-19-12-21(14-23(34)13-19)25-8-10-36-32-26(25)16-29(39-32)31-30-28(40-41-31)7-6-27(38-30)22-15-24(18-35-17-22)37-33(42)20-4-2-3-5-20/h6-8,10,12-18,20H,2-5,9,11H2,1H3,(H,36,39)(H,37,42)(H,40,41). The van der Waals surface area contributed by atoms with E-state index in [4.69, 9.17) is 4.98 Å². The Morgan fingerprint density at radius 1 is 1.04 bits per heavy atom. The van der Waals surface area contributed by atoms with Crippen LogP contribution >= 0.6 is 0 Å². The van der Waals surface area contributed by atoms with E-state index in [-0.39, 0.29) is 24.0 Å². The lowest BCUT2D eigenvalue weighted by atomic mass is 10.00. The number of carbonyl (C=O) groups is 1. The molecule has 1 aliphatic rings. The van der Waals surface area contributed by atoms with Crippen molar-refractivity contribution in [1.29, 1.82) is 0 Å². The van der Waals surface area contributed by atoms with Crippen molar-refractivity contribution in [2.75, 3.05) is 17.3 Å². The Labute approximate surface area is 258 Å². The first-order chi connectivity index (χ1) is 21.7. The molecule has 0 atom stereocenters. The molecule has 6 aromatic rings. The SMILES string of the molecule is CS(=O)(=O)CCc1cc(F)cc(-c2ccnc3[nH]c(-c4n[nH]c5ccc(-c6cncc(NC(=O)C7CCCC7)c6)nc45)cc23)c1. The number of amides is 1. The second-order valence-corrected chi connectivity index (χ2v) is 13.9. The van der Waals surface area contributed by atoms with Crippen molar-refractivity contribution in [1.82, 2.24) is 30.1 Å². The van der Waals surface area contributed by atoms with Crippen molar-refractivity contribution in [3.63, 3.8) is 0 Å². The first-order valence-electron chi connectivity index (χ1n) is 14.8. The van der Waals surface area contributed by atoms with Gasteiger partial charge in [-0.2, -0.15) is 5.10 Å². The molecule has 1 amide bonds. The van der Waals surface area contributed by atoms with Crippen LogP contribution in [0.25, 0.3) is 55.8 Å². The lowest BCUT2D eigenvalue weighted by molar-refractivity contribution is -0.119. The summed E-state index contributed by atoms with van der Waals surface area (Å²) in [5.74, 6) is -0.427. The maximum atomic E-state index is 14.7. The van der Waals surface area contributed by atoms with E-state index in [1.165, 1.54) is 18.4 Å². The topological polar surface area (TPSA) is 146 Å². The van der Waals surface area contributed by atoms with Gasteiger partial charge in [0.15, 0.2) is 0 Å². The van der Waals surface area contributed by atoms with E-state index in [2.05, 4.69) is 30.5 Å². The second-order valence-electron chi connectivity index (χ2n) is 11.6. The number of H-pyrrole nitrogens is 2. The third kappa shape index (κ3) is 6.05. The van der Waals surface area contributed by atoms with E-state index < -0.39 is 15.7 Å². The number of nitrogens with zero attached hydrogens (tertiary/aromatic N) is 4. The fraction of sp³-hybridized carbons (Fsp3) is 0.242. The molecule has 0 bridgehead atoms. The summed E-state index contributed by atoms with van der Waals surface area (Å²) in [5.41, 5.74) is 7.24. The van der Waals surface area contributed by atoms with Gasteiger partial charge < -0.3 is 10.3 Å². The summed E-state index contributed by atoms with van der Waals surface area (Å²) in [4.78, 5) is 29.7. The number of pyridine rings is 3. The van der Waals surface area contributed by atoms with Crippen LogP contribution in [0.3, 0.4) is 0 Å². The van der Waals surface area contributed by atoms with Gasteiger partial charge in [-0.3, -0.25) is 14.9 Å². The molecule has 3 N–H and O–H groups in total. The van der Waals surface area contributed by atoms with Crippen molar-refractivity contribution in [2.45, 2.75) is 32.1 Å². The van der Waals surface area contributed by atoms with Gasteiger partial charge in [0, 0.05) is 35.5 Å². The molecule has 5 aromatic heterocycles. The molecule has 0 aliphatic heterocycles. The molecular formula is C33H30FN7O3S. The van der Waals surface area contributed by atoms with Crippen molar-refractivity contribution in [2.24, 2.45) is 5.92 Å². The van der Waals surface area contributed by atoms with E-state index in [0.29, 0.717) is 45.1 Å². The summed E-state index contributed by atoms with van der Waals surface area (Å²) in [7, 11) is -3.19. The second kappa shape index (κ2) is 11.5. The monoisotopic (exact) mass is 623 g/mol. The smallest absolute Gasteiger partial charge is 0.227 e. The van der Waals surface area contributed by atoms with Gasteiger partial charge in [0.1, 0.15) is 32.5 Å². The summed E-state index contributed by atoms with van der Waals surface area (Å²) in [6.07, 6.45) is 10.4. The molecule has 0 radical (unpaired) electrons. The molecule has 1 aliphatic carbocycles. The normalized spacial score (nSPS) is 14.0. The molecule has 0 spiro atoms. The summed E-state index contributed by atoms with van der Waals surface area (Å²) in [5, 5.41) is 11.3. The molecule has 1 saturated carbocycles.